The molecule has 0 atom stereocenters. The monoisotopic (exact) mass is 404 g/mol. The van der Waals surface area contributed by atoms with Crippen molar-refractivity contribution in [3.8, 4) is 0 Å². The summed E-state index contributed by atoms with van der Waals surface area (Å²) in [6, 6.07) is 10.8. The summed E-state index contributed by atoms with van der Waals surface area (Å²) in [4.78, 5) is 26.9. The number of oxazole rings is 1. The highest BCUT2D eigenvalue weighted by Crippen LogP contribution is 2.30. The number of likely N-dealkylation sites (tertiary alicyclic amines) is 1. The van der Waals surface area contributed by atoms with Crippen molar-refractivity contribution >= 4 is 40.2 Å². The SMILES string of the molecule is Cc1ccc2oc(=O)n(C3CCN(C(=O)c4cccc(Cl)c4Cl)CC3)c2c1. The van der Waals surface area contributed by atoms with Gasteiger partial charge in [-0.25, -0.2) is 4.79 Å². The maximum atomic E-state index is 12.8. The van der Waals surface area contributed by atoms with Gasteiger partial charge in [0.1, 0.15) is 0 Å². The molecule has 2 heterocycles. The number of rotatable bonds is 2. The van der Waals surface area contributed by atoms with E-state index in [-0.39, 0.29) is 22.7 Å². The van der Waals surface area contributed by atoms with E-state index >= 15 is 0 Å². The van der Waals surface area contributed by atoms with Crippen LogP contribution in [0.15, 0.2) is 45.6 Å². The molecule has 1 amide bonds. The summed E-state index contributed by atoms with van der Waals surface area (Å²) in [5.74, 6) is -0.487. The van der Waals surface area contributed by atoms with Gasteiger partial charge in [-0.2, -0.15) is 0 Å². The summed E-state index contributed by atoms with van der Waals surface area (Å²) in [7, 11) is 0. The van der Waals surface area contributed by atoms with E-state index in [1.165, 1.54) is 0 Å². The second-order valence-electron chi connectivity index (χ2n) is 6.83. The number of carbonyl (C=O) groups excluding carboxylic acids is 1. The average molecular weight is 405 g/mol. The van der Waals surface area contributed by atoms with Gasteiger partial charge in [0.25, 0.3) is 5.91 Å². The third-order valence-corrected chi connectivity index (χ3v) is 5.89. The van der Waals surface area contributed by atoms with Crippen LogP contribution >= 0.6 is 23.2 Å². The van der Waals surface area contributed by atoms with Crippen LogP contribution in [0.3, 0.4) is 0 Å². The lowest BCUT2D eigenvalue weighted by Crippen LogP contribution is -2.40. The van der Waals surface area contributed by atoms with E-state index in [2.05, 4.69) is 0 Å². The van der Waals surface area contributed by atoms with Crippen LogP contribution in [0, 0.1) is 6.92 Å². The molecule has 5 nitrogen and oxygen atoms in total. The van der Waals surface area contributed by atoms with Crippen molar-refractivity contribution in [1.29, 1.82) is 0 Å². The zero-order valence-electron chi connectivity index (χ0n) is 14.7. The predicted octanol–water partition coefficient (Wildman–Crippen LogP) is 4.69. The molecule has 1 saturated heterocycles. The van der Waals surface area contributed by atoms with Gasteiger partial charge in [0.2, 0.25) is 0 Å². The van der Waals surface area contributed by atoms with Crippen LogP contribution in [0.5, 0.6) is 0 Å². The van der Waals surface area contributed by atoms with Gasteiger partial charge in [0, 0.05) is 19.1 Å². The molecule has 0 bridgehead atoms. The number of halogens is 2. The normalized spacial score (nSPS) is 15.4. The van der Waals surface area contributed by atoms with E-state index < -0.39 is 0 Å². The second-order valence-corrected chi connectivity index (χ2v) is 7.62. The third kappa shape index (κ3) is 3.26. The number of hydrogen-bond acceptors (Lipinski definition) is 3. The fraction of sp³-hybridized carbons (Fsp3) is 0.300. The van der Waals surface area contributed by atoms with Crippen molar-refractivity contribution in [1.82, 2.24) is 9.47 Å². The molecule has 0 spiro atoms. The molecule has 1 aromatic heterocycles. The predicted molar refractivity (Wildman–Crippen MR) is 106 cm³/mol. The average Bonchev–Trinajstić information content (AvgIpc) is 2.98. The Morgan fingerprint density at radius 3 is 2.63 bits per heavy atom. The molecule has 1 fully saturated rings. The van der Waals surface area contributed by atoms with Crippen molar-refractivity contribution in [2.45, 2.75) is 25.8 Å². The van der Waals surface area contributed by atoms with E-state index in [1.54, 1.807) is 27.7 Å². The maximum Gasteiger partial charge on any atom is 0.420 e. The van der Waals surface area contributed by atoms with Crippen molar-refractivity contribution in [2.24, 2.45) is 0 Å². The number of carbonyl (C=O) groups is 1. The first-order valence-corrected chi connectivity index (χ1v) is 9.56. The van der Waals surface area contributed by atoms with Gasteiger partial charge in [0.05, 0.1) is 21.1 Å². The molecule has 7 heteroatoms. The summed E-state index contributed by atoms with van der Waals surface area (Å²) in [6.07, 6.45) is 1.35. The number of nitrogens with zero attached hydrogens (tertiary/aromatic N) is 2. The Morgan fingerprint density at radius 1 is 1.15 bits per heavy atom. The van der Waals surface area contributed by atoms with Crippen molar-refractivity contribution < 1.29 is 9.21 Å². The highest BCUT2D eigenvalue weighted by molar-refractivity contribution is 6.43. The van der Waals surface area contributed by atoms with E-state index in [1.807, 2.05) is 25.1 Å². The number of aromatic nitrogens is 1. The summed E-state index contributed by atoms with van der Waals surface area (Å²) in [6.45, 7) is 3.06. The Bertz CT molecular complexity index is 1080. The molecular weight excluding hydrogens is 387 g/mol. The molecular formula is C20H18Cl2N2O3. The van der Waals surface area contributed by atoms with Gasteiger partial charge in [-0.05, 0) is 49.6 Å². The van der Waals surface area contributed by atoms with Crippen LogP contribution in [0.2, 0.25) is 10.0 Å². The lowest BCUT2D eigenvalue weighted by atomic mass is 10.0. The molecule has 1 aliphatic rings. The number of benzene rings is 2. The number of amides is 1. The Hall–Kier alpha value is -2.24. The van der Waals surface area contributed by atoms with E-state index in [0.29, 0.717) is 42.1 Å². The number of fused-ring (bicyclic) bond motifs is 1. The molecule has 0 radical (unpaired) electrons. The minimum absolute atomic E-state index is 0.000525. The second kappa shape index (κ2) is 7.06. The smallest absolute Gasteiger partial charge is 0.408 e. The van der Waals surface area contributed by atoms with Gasteiger partial charge in [0.15, 0.2) is 5.58 Å². The van der Waals surface area contributed by atoms with Gasteiger partial charge < -0.3 is 9.32 Å². The van der Waals surface area contributed by atoms with Crippen molar-refractivity contribution in [3.05, 3.63) is 68.1 Å². The van der Waals surface area contributed by atoms with Crippen LogP contribution in [0.1, 0.15) is 34.8 Å². The van der Waals surface area contributed by atoms with Gasteiger partial charge >= 0.3 is 5.76 Å². The first-order chi connectivity index (χ1) is 13.0. The zero-order chi connectivity index (χ0) is 19.1. The number of aryl methyl sites for hydroxylation is 1. The largest absolute Gasteiger partial charge is 0.420 e. The van der Waals surface area contributed by atoms with Crippen LogP contribution in [0.25, 0.3) is 11.1 Å². The Labute approximate surface area is 166 Å². The first-order valence-electron chi connectivity index (χ1n) is 8.80. The van der Waals surface area contributed by atoms with Gasteiger partial charge in [-0.3, -0.25) is 9.36 Å². The Balaban J connectivity index is 1.55. The molecule has 140 valence electrons. The fourth-order valence-corrected chi connectivity index (χ4v) is 4.04. The van der Waals surface area contributed by atoms with Crippen LogP contribution < -0.4 is 5.76 Å². The molecule has 0 unspecified atom stereocenters. The lowest BCUT2D eigenvalue weighted by molar-refractivity contribution is 0.0694. The third-order valence-electron chi connectivity index (χ3n) is 5.07. The summed E-state index contributed by atoms with van der Waals surface area (Å²) in [5, 5.41) is 0.642. The first kappa shape index (κ1) is 18.1. The highest BCUT2D eigenvalue weighted by Gasteiger charge is 2.28. The van der Waals surface area contributed by atoms with Crippen molar-refractivity contribution in [3.63, 3.8) is 0 Å². The Kier molecular flexibility index (Phi) is 4.74. The van der Waals surface area contributed by atoms with E-state index in [4.69, 9.17) is 27.6 Å². The summed E-state index contributed by atoms with van der Waals surface area (Å²) >= 11 is 12.2. The molecule has 0 saturated carbocycles. The molecule has 0 N–H and O–H groups in total. The zero-order valence-corrected chi connectivity index (χ0v) is 16.3. The minimum Gasteiger partial charge on any atom is -0.408 e. The van der Waals surface area contributed by atoms with Gasteiger partial charge in [-0.1, -0.05) is 35.3 Å². The standard InChI is InChI=1S/C20H18Cl2N2O3/c1-12-5-6-17-16(11-12)24(20(26)27-17)13-7-9-23(10-8-13)19(25)14-3-2-4-15(21)18(14)22/h2-6,11,13H,7-10H2,1H3. The van der Waals surface area contributed by atoms with Crippen molar-refractivity contribution in [2.75, 3.05) is 13.1 Å². The lowest BCUT2D eigenvalue weighted by Gasteiger charge is -2.32. The summed E-state index contributed by atoms with van der Waals surface area (Å²) < 4.78 is 7.09. The minimum atomic E-state index is -0.349. The number of piperidine rings is 1. The topological polar surface area (TPSA) is 55.5 Å². The molecule has 27 heavy (non-hydrogen) atoms. The van der Waals surface area contributed by atoms with Crippen LogP contribution in [-0.4, -0.2) is 28.5 Å². The van der Waals surface area contributed by atoms with Crippen LogP contribution in [0.4, 0.5) is 0 Å². The van der Waals surface area contributed by atoms with Crippen LogP contribution in [-0.2, 0) is 0 Å². The summed E-state index contributed by atoms with van der Waals surface area (Å²) in [5.41, 5.74) is 2.88. The maximum absolute atomic E-state index is 12.8. The fourth-order valence-electron chi connectivity index (χ4n) is 3.66. The molecule has 1 aliphatic heterocycles. The molecule has 0 aliphatic carbocycles. The molecule has 3 aromatic rings. The van der Waals surface area contributed by atoms with E-state index in [0.717, 1.165) is 11.1 Å². The molecule has 4 rings (SSSR count). The van der Waals surface area contributed by atoms with Gasteiger partial charge in [-0.15, -0.1) is 0 Å². The quantitative estimate of drug-likeness (QED) is 0.622. The van der Waals surface area contributed by atoms with E-state index in [9.17, 15) is 9.59 Å². The highest BCUT2D eigenvalue weighted by atomic mass is 35.5. The molecule has 2 aromatic carbocycles. The Morgan fingerprint density at radius 2 is 1.89 bits per heavy atom. The number of hydrogen-bond donors (Lipinski definition) is 0.